The first-order valence-corrected chi connectivity index (χ1v) is 6.72. The van der Waals surface area contributed by atoms with Crippen LogP contribution in [0.4, 0.5) is 4.39 Å². The molecule has 0 aliphatic carbocycles. The Morgan fingerprint density at radius 2 is 1.96 bits per heavy atom. The fourth-order valence-electron chi connectivity index (χ4n) is 2.02. The maximum absolute atomic E-state index is 13.0. The Labute approximate surface area is 129 Å². The Kier molecular flexibility index (Phi) is 3.12. The number of aromatic nitrogens is 6. The van der Waals surface area contributed by atoms with Gasteiger partial charge in [-0.3, -0.25) is 4.98 Å². The summed E-state index contributed by atoms with van der Waals surface area (Å²) in [4.78, 5) is 8.28. The molecule has 1 aromatic carbocycles. The van der Waals surface area contributed by atoms with Crippen LogP contribution in [-0.4, -0.2) is 30.1 Å². The lowest BCUT2D eigenvalue weighted by Gasteiger charge is -1.97. The summed E-state index contributed by atoms with van der Waals surface area (Å²) in [5, 5.41) is 11.9. The number of hydrogen-bond acceptors (Lipinski definition) is 6. The zero-order chi connectivity index (χ0) is 15.6. The Morgan fingerprint density at radius 1 is 1.09 bits per heavy atom. The van der Waals surface area contributed by atoms with Crippen LogP contribution in [0.3, 0.4) is 0 Å². The summed E-state index contributed by atoms with van der Waals surface area (Å²) in [6, 6.07) is 9.51. The van der Waals surface area contributed by atoms with Crippen molar-refractivity contribution in [2.45, 2.75) is 0 Å². The molecule has 0 aliphatic rings. The van der Waals surface area contributed by atoms with Gasteiger partial charge >= 0.3 is 0 Å². The number of rotatable bonds is 3. The normalized spacial score (nSPS) is 10.8. The molecule has 0 radical (unpaired) electrons. The van der Waals surface area contributed by atoms with Gasteiger partial charge in [0.25, 0.3) is 5.89 Å². The van der Waals surface area contributed by atoms with Gasteiger partial charge in [0.2, 0.25) is 5.82 Å². The highest BCUT2D eigenvalue weighted by Crippen LogP contribution is 2.20. The van der Waals surface area contributed by atoms with Crippen molar-refractivity contribution >= 4 is 0 Å². The van der Waals surface area contributed by atoms with E-state index >= 15 is 0 Å². The molecule has 0 atom stereocenters. The highest BCUT2D eigenvalue weighted by Gasteiger charge is 2.14. The van der Waals surface area contributed by atoms with Gasteiger partial charge in [-0.15, -0.1) is 5.10 Å². The Morgan fingerprint density at radius 3 is 2.74 bits per heavy atom. The Hall–Kier alpha value is -3.42. The molecule has 8 heteroatoms. The van der Waals surface area contributed by atoms with Crippen LogP contribution < -0.4 is 0 Å². The second kappa shape index (κ2) is 5.41. The number of halogens is 1. The molecule has 4 rings (SSSR count). The van der Waals surface area contributed by atoms with Crippen molar-refractivity contribution in [3.63, 3.8) is 0 Å². The maximum Gasteiger partial charge on any atom is 0.259 e. The molecule has 23 heavy (non-hydrogen) atoms. The molecule has 0 saturated carbocycles. The van der Waals surface area contributed by atoms with E-state index in [1.54, 1.807) is 36.8 Å². The SMILES string of the molecule is Fc1ccc(-n2cc(-c3noc(-c4cccnc4)n3)nn2)cc1. The van der Waals surface area contributed by atoms with Crippen LogP contribution in [0.2, 0.25) is 0 Å². The molecule has 0 unspecified atom stereocenters. The molecule has 112 valence electrons. The predicted molar refractivity (Wildman–Crippen MR) is 77.8 cm³/mol. The van der Waals surface area contributed by atoms with Crippen LogP contribution in [0.25, 0.3) is 28.7 Å². The van der Waals surface area contributed by atoms with E-state index in [1.165, 1.54) is 16.8 Å². The first-order valence-electron chi connectivity index (χ1n) is 6.72. The van der Waals surface area contributed by atoms with Crippen LogP contribution >= 0.6 is 0 Å². The number of pyridine rings is 1. The van der Waals surface area contributed by atoms with Crippen molar-refractivity contribution in [2.24, 2.45) is 0 Å². The highest BCUT2D eigenvalue weighted by atomic mass is 19.1. The molecule has 0 amide bonds. The predicted octanol–water partition coefficient (Wildman–Crippen LogP) is 2.52. The molecule has 0 spiro atoms. The maximum atomic E-state index is 13.0. The highest BCUT2D eigenvalue weighted by molar-refractivity contribution is 5.55. The average molecular weight is 308 g/mol. The van der Waals surface area contributed by atoms with Gasteiger partial charge in [0.05, 0.1) is 17.4 Å². The van der Waals surface area contributed by atoms with E-state index in [1.807, 2.05) is 6.07 Å². The molecule has 0 aliphatic heterocycles. The second-order valence-electron chi connectivity index (χ2n) is 4.69. The largest absolute Gasteiger partial charge is 0.333 e. The van der Waals surface area contributed by atoms with E-state index < -0.39 is 0 Å². The fraction of sp³-hybridized carbons (Fsp3) is 0. The smallest absolute Gasteiger partial charge is 0.259 e. The third-order valence-corrected chi connectivity index (χ3v) is 3.15. The molecular formula is C15H9FN6O. The summed E-state index contributed by atoms with van der Waals surface area (Å²) < 4.78 is 19.7. The lowest BCUT2D eigenvalue weighted by molar-refractivity contribution is 0.432. The Balaban J connectivity index is 1.65. The molecule has 0 saturated heterocycles. The van der Waals surface area contributed by atoms with Crippen molar-refractivity contribution < 1.29 is 8.91 Å². The summed E-state index contributed by atoms with van der Waals surface area (Å²) in [5.74, 6) is 0.356. The minimum absolute atomic E-state index is 0.312. The van der Waals surface area contributed by atoms with Gasteiger partial charge in [0, 0.05) is 12.4 Å². The number of nitrogens with zero attached hydrogens (tertiary/aromatic N) is 6. The zero-order valence-electron chi connectivity index (χ0n) is 11.7. The van der Waals surface area contributed by atoms with Gasteiger partial charge in [-0.1, -0.05) is 10.4 Å². The number of hydrogen-bond donors (Lipinski definition) is 0. The van der Waals surface area contributed by atoms with Gasteiger partial charge in [0.15, 0.2) is 5.69 Å². The summed E-state index contributed by atoms with van der Waals surface area (Å²) in [7, 11) is 0. The minimum atomic E-state index is -0.312. The lowest BCUT2D eigenvalue weighted by Crippen LogP contribution is -1.94. The van der Waals surface area contributed by atoms with Crippen LogP contribution in [-0.2, 0) is 0 Å². The first kappa shape index (κ1) is 13.3. The van der Waals surface area contributed by atoms with Crippen molar-refractivity contribution in [3.8, 4) is 28.7 Å². The van der Waals surface area contributed by atoms with Crippen molar-refractivity contribution in [1.29, 1.82) is 0 Å². The fourth-order valence-corrected chi connectivity index (χ4v) is 2.02. The van der Waals surface area contributed by atoms with E-state index in [9.17, 15) is 4.39 Å². The molecule has 4 aromatic rings. The zero-order valence-corrected chi connectivity index (χ0v) is 11.7. The molecule has 0 N–H and O–H groups in total. The Bertz CT molecular complexity index is 932. The summed E-state index contributed by atoms with van der Waals surface area (Å²) >= 11 is 0. The van der Waals surface area contributed by atoms with Gasteiger partial charge in [-0.25, -0.2) is 9.07 Å². The quantitative estimate of drug-likeness (QED) is 0.578. The standard InChI is InChI=1S/C15H9FN6O/c16-11-3-5-12(6-4-11)22-9-13(19-21-22)14-18-15(23-20-14)10-2-1-7-17-8-10/h1-9H. The van der Waals surface area contributed by atoms with Crippen LogP contribution in [0.5, 0.6) is 0 Å². The lowest BCUT2D eigenvalue weighted by atomic mass is 10.3. The number of benzene rings is 1. The summed E-state index contributed by atoms with van der Waals surface area (Å²) in [6.45, 7) is 0. The molecule has 3 aromatic heterocycles. The van der Waals surface area contributed by atoms with Crippen molar-refractivity contribution in [3.05, 3.63) is 60.8 Å². The van der Waals surface area contributed by atoms with E-state index in [0.29, 0.717) is 23.1 Å². The van der Waals surface area contributed by atoms with E-state index in [0.717, 1.165) is 5.56 Å². The van der Waals surface area contributed by atoms with Crippen LogP contribution in [0.1, 0.15) is 0 Å². The van der Waals surface area contributed by atoms with E-state index in [2.05, 4.69) is 25.4 Å². The first-order chi connectivity index (χ1) is 11.3. The van der Waals surface area contributed by atoms with Gasteiger partial charge < -0.3 is 4.52 Å². The monoisotopic (exact) mass is 308 g/mol. The summed E-state index contributed by atoms with van der Waals surface area (Å²) in [6.07, 6.45) is 4.94. The van der Waals surface area contributed by atoms with Gasteiger partial charge in [0.1, 0.15) is 5.82 Å². The molecule has 0 fully saturated rings. The van der Waals surface area contributed by atoms with Crippen LogP contribution in [0, 0.1) is 5.82 Å². The second-order valence-corrected chi connectivity index (χ2v) is 4.69. The average Bonchev–Trinajstić information content (AvgIpc) is 3.26. The van der Waals surface area contributed by atoms with Crippen molar-refractivity contribution in [1.82, 2.24) is 30.1 Å². The van der Waals surface area contributed by atoms with Gasteiger partial charge in [-0.05, 0) is 36.4 Å². The molecule has 3 heterocycles. The molecule has 7 nitrogen and oxygen atoms in total. The van der Waals surface area contributed by atoms with E-state index in [-0.39, 0.29) is 5.82 Å². The third-order valence-electron chi connectivity index (χ3n) is 3.15. The summed E-state index contributed by atoms with van der Waals surface area (Å²) in [5.41, 5.74) is 1.85. The molecular weight excluding hydrogens is 299 g/mol. The van der Waals surface area contributed by atoms with Gasteiger partial charge in [-0.2, -0.15) is 4.98 Å². The minimum Gasteiger partial charge on any atom is -0.333 e. The van der Waals surface area contributed by atoms with Crippen molar-refractivity contribution in [2.75, 3.05) is 0 Å². The third kappa shape index (κ3) is 2.57. The van der Waals surface area contributed by atoms with E-state index in [4.69, 9.17) is 4.52 Å². The molecule has 0 bridgehead atoms. The topological polar surface area (TPSA) is 82.5 Å². The van der Waals surface area contributed by atoms with Crippen LogP contribution in [0.15, 0.2) is 59.5 Å².